The average Bonchev–Trinajstić information content (AvgIpc) is 2.68. The van der Waals surface area contributed by atoms with Crippen LogP contribution in [-0.2, 0) is 4.79 Å². The summed E-state index contributed by atoms with van der Waals surface area (Å²) in [5.41, 5.74) is 1.36. The van der Waals surface area contributed by atoms with E-state index in [-0.39, 0.29) is 29.2 Å². The SMILES string of the molecule is Cc1ccc(C(=O)NC(CC(C)C)C(=O)O)cc1NC(=O)c1ccc([N+](=O)[O-])cc1. The normalized spacial score (nSPS) is 11.6. The maximum atomic E-state index is 12.5. The van der Waals surface area contributed by atoms with E-state index in [9.17, 15) is 29.6 Å². The molecule has 9 nitrogen and oxygen atoms in total. The van der Waals surface area contributed by atoms with Gasteiger partial charge in [-0.1, -0.05) is 19.9 Å². The summed E-state index contributed by atoms with van der Waals surface area (Å²) < 4.78 is 0. The van der Waals surface area contributed by atoms with E-state index in [0.717, 1.165) is 0 Å². The Hall–Kier alpha value is -3.75. The van der Waals surface area contributed by atoms with E-state index in [2.05, 4.69) is 10.6 Å². The highest BCUT2D eigenvalue weighted by atomic mass is 16.6. The van der Waals surface area contributed by atoms with Crippen LogP contribution in [0.5, 0.6) is 0 Å². The lowest BCUT2D eigenvalue weighted by atomic mass is 10.0. The summed E-state index contributed by atoms with van der Waals surface area (Å²) in [4.78, 5) is 46.5. The van der Waals surface area contributed by atoms with Crippen LogP contribution in [0.25, 0.3) is 0 Å². The molecule has 2 aromatic carbocycles. The Morgan fingerprint density at radius 1 is 1.03 bits per heavy atom. The van der Waals surface area contributed by atoms with E-state index in [1.54, 1.807) is 19.1 Å². The van der Waals surface area contributed by atoms with Crippen LogP contribution in [0.1, 0.15) is 46.5 Å². The summed E-state index contributed by atoms with van der Waals surface area (Å²) in [6.45, 7) is 5.46. The molecule has 0 fully saturated rings. The zero-order valence-corrected chi connectivity index (χ0v) is 16.8. The van der Waals surface area contributed by atoms with Crippen molar-refractivity contribution < 1.29 is 24.4 Å². The summed E-state index contributed by atoms with van der Waals surface area (Å²) >= 11 is 0. The number of carbonyl (C=O) groups excluding carboxylic acids is 2. The molecule has 158 valence electrons. The highest BCUT2D eigenvalue weighted by Gasteiger charge is 2.22. The first-order valence-electron chi connectivity index (χ1n) is 9.28. The van der Waals surface area contributed by atoms with Crippen molar-refractivity contribution in [1.82, 2.24) is 5.32 Å². The molecule has 0 aliphatic heterocycles. The van der Waals surface area contributed by atoms with Gasteiger partial charge in [-0.15, -0.1) is 0 Å². The molecule has 0 aromatic heterocycles. The molecule has 3 N–H and O–H groups in total. The van der Waals surface area contributed by atoms with Crippen molar-refractivity contribution >= 4 is 29.2 Å². The minimum Gasteiger partial charge on any atom is -0.480 e. The molecular weight excluding hydrogens is 390 g/mol. The van der Waals surface area contributed by atoms with Crippen molar-refractivity contribution in [1.29, 1.82) is 0 Å². The number of hydrogen-bond donors (Lipinski definition) is 3. The zero-order chi connectivity index (χ0) is 22.4. The predicted molar refractivity (Wildman–Crippen MR) is 111 cm³/mol. The minimum absolute atomic E-state index is 0.0842. The van der Waals surface area contributed by atoms with Gasteiger partial charge >= 0.3 is 5.97 Å². The fraction of sp³-hybridized carbons (Fsp3) is 0.286. The van der Waals surface area contributed by atoms with Crippen LogP contribution in [0.2, 0.25) is 0 Å². The molecule has 0 bridgehead atoms. The Morgan fingerprint density at radius 3 is 2.17 bits per heavy atom. The Balaban J connectivity index is 2.17. The molecule has 0 heterocycles. The highest BCUT2D eigenvalue weighted by Crippen LogP contribution is 2.19. The van der Waals surface area contributed by atoms with E-state index in [1.165, 1.54) is 30.3 Å². The van der Waals surface area contributed by atoms with Gasteiger partial charge in [0.05, 0.1) is 4.92 Å². The number of aliphatic carboxylic acids is 1. The van der Waals surface area contributed by atoms with Crippen molar-refractivity contribution in [2.45, 2.75) is 33.2 Å². The van der Waals surface area contributed by atoms with Gasteiger partial charge < -0.3 is 15.7 Å². The van der Waals surface area contributed by atoms with E-state index in [0.29, 0.717) is 11.3 Å². The monoisotopic (exact) mass is 413 g/mol. The molecule has 2 rings (SSSR count). The van der Waals surface area contributed by atoms with Crippen molar-refractivity contribution in [3.8, 4) is 0 Å². The molecular formula is C21H23N3O6. The molecule has 1 atom stereocenters. The number of carbonyl (C=O) groups is 3. The van der Waals surface area contributed by atoms with Crippen molar-refractivity contribution in [2.24, 2.45) is 5.92 Å². The molecule has 0 radical (unpaired) electrons. The number of carboxylic acid groups (broad SMARTS) is 1. The van der Waals surface area contributed by atoms with Crippen LogP contribution in [-0.4, -0.2) is 33.9 Å². The average molecular weight is 413 g/mol. The standard InChI is InChI=1S/C21H23N3O6/c1-12(2)10-18(21(27)28)23-20(26)15-5-4-13(3)17(11-15)22-19(25)14-6-8-16(9-7-14)24(29)30/h4-9,11-12,18H,10H2,1-3H3,(H,22,25)(H,23,26)(H,27,28). The fourth-order valence-corrected chi connectivity index (χ4v) is 2.76. The van der Waals surface area contributed by atoms with E-state index < -0.39 is 28.7 Å². The molecule has 0 saturated carbocycles. The van der Waals surface area contributed by atoms with Crippen LogP contribution in [0.3, 0.4) is 0 Å². The number of anilines is 1. The molecule has 9 heteroatoms. The summed E-state index contributed by atoms with van der Waals surface area (Å²) in [5.74, 6) is -2.08. The summed E-state index contributed by atoms with van der Waals surface area (Å²) in [6.07, 6.45) is 0.288. The molecule has 0 spiro atoms. The number of carboxylic acids is 1. The topological polar surface area (TPSA) is 139 Å². The number of nitrogens with zero attached hydrogens (tertiary/aromatic N) is 1. The summed E-state index contributed by atoms with van der Waals surface area (Å²) in [5, 5.41) is 25.2. The molecule has 2 aromatic rings. The van der Waals surface area contributed by atoms with E-state index >= 15 is 0 Å². The number of amides is 2. The van der Waals surface area contributed by atoms with Crippen molar-refractivity contribution in [3.05, 3.63) is 69.3 Å². The van der Waals surface area contributed by atoms with E-state index in [1.807, 2.05) is 13.8 Å². The molecule has 30 heavy (non-hydrogen) atoms. The van der Waals surface area contributed by atoms with Crippen LogP contribution in [0.4, 0.5) is 11.4 Å². The lowest BCUT2D eigenvalue weighted by Crippen LogP contribution is -2.41. The number of aryl methyl sites for hydroxylation is 1. The first-order chi connectivity index (χ1) is 14.1. The number of non-ortho nitro benzene ring substituents is 1. The number of nitrogens with one attached hydrogen (secondary N) is 2. The molecule has 0 saturated heterocycles. The third kappa shape index (κ3) is 5.87. The number of nitro benzene ring substituents is 1. The van der Waals surface area contributed by atoms with Crippen LogP contribution in [0, 0.1) is 23.0 Å². The van der Waals surface area contributed by atoms with Gasteiger partial charge in [0.25, 0.3) is 17.5 Å². The second kappa shape index (κ2) is 9.64. The largest absolute Gasteiger partial charge is 0.480 e. The van der Waals surface area contributed by atoms with Gasteiger partial charge in [-0.25, -0.2) is 4.79 Å². The molecule has 1 unspecified atom stereocenters. The van der Waals surface area contributed by atoms with Gasteiger partial charge in [-0.05, 0) is 49.1 Å². The summed E-state index contributed by atoms with van der Waals surface area (Å²) in [7, 11) is 0. The maximum absolute atomic E-state index is 12.5. The summed E-state index contributed by atoms with van der Waals surface area (Å²) in [6, 6.07) is 8.75. The van der Waals surface area contributed by atoms with Crippen LogP contribution < -0.4 is 10.6 Å². The van der Waals surface area contributed by atoms with Crippen LogP contribution >= 0.6 is 0 Å². The maximum Gasteiger partial charge on any atom is 0.326 e. The second-order valence-electron chi connectivity index (χ2n) is 7.28. The quantitative estimate of drug-likeness (QED) is 0.448. The second-order valence-corrected chi connectivity index (χ2v) is 7.28. The molecule has 0 aliphatic carbocycles. The third-order valence-electron chi connectivity index (χ3n) is 4.40. The smallest absolute Gasteiger partial charge is 0.326 e. The minimum atomic E-state index is -1.11. The van der Waals surface area contributed by atoms with Crippen molar-refractivity contribution in [2.75, 3.05) is 5.32 Å². The molecule has 2 amide bonds. The number of hydrogen-bond acceptors (Lipinski definition) is 5. The van der Waals surface area contributed by atoms with Gasteiger partial charge in [0, 0.05) is 28.9 Å². The van der Waals surface area contributed by atoms with Gasteiger partial charge in [0.2, 0.25) is 0 Å². The third-order valence-corrected chi connectivity index (χ3v) is 4.40. The fourth-order valence-electron chi connectivity index (χ4n) is 2.76. The molecule has 0 aliphatic rings. The Labute approximate surface area is 173 Å². The first-order valence-corrected chi connectivity index (χ1v) is 9.28. The Kier molecular flexibility index (Phi) is 7.24. The van der Waals surface area contributed by atoms with Gasteiger partial charge in [-0.2, -0.15) is 0 Å². The highest BCUT2D eigenvalue weighted by molar-refractivity contribution is 6.05. The first kappa shape index (κ1) is 22.5. The lowest BCUT2D eigenvalue weighted by molar-refractivity contribution is -0.384. The van der Waals surface area contributed by atoms with Gasteiger partial charge in [0.15, 0.2) is 0 Å². The Morgan fingerprint density at radius 2 is 1.63 bits per heavy atom. The number of nitro groups is 1. The Bertz CT molecular complexity index is 969. The van der Waals surface area contributed by atoms with Crippen LogP contribution in [0.15, 0.2) is 42.5 Å². The zero-order valence-electron chi connectivity index (χ0n) is 16.8. The lowest BCUT2D eigenvalue weighted by Gasteiger charge is -2.17. The predicted octanol–water partition coefficient (Wildman–Crippen LogP) is 3.38. The van der Waals surface area contributed by atoms with Crippen molar-refractivity contribution in [3.63, 3.8) is 0 Å². The number of benzene rings is 2. The van der Waals surface area contributed by atoms with E-state index in [4.69, 9.17) is 0 Å². The number of rotatable bonds is 8. The van der Waals surface area contributed by atoms with Gasteiger partial charge in [-0.3, -0.25) is 19.7 Å². The van der Waals surface area contributed by atoms with Gasteiger partial charge in [0.1, 0.15) is 6.04 Å².